The number of hydrogen-bond donors (Lipinski definition) is 0. The number of halogens is 2. The van der Waals surface area contributed by atoms with Gasteiger partial charge in [-0.2, -0.15) is 0 Å². The molecule has 0 unspecified atom stereocenters. The number of benzene rings is 2. The van der Waals surface area contributed by atoms with Crippen LogP contribution in [0.5, 0.6) is 0 Å². The van der Waals surface area contributed by atoms with E-state index in [1.807, 2.05) is 38.1 Å². The zero-order chi connectivity index (χ0) is 18.1. The highest BCUT2D eigenvalue weighted by Crippen LogP contribution is 2.25. The summed E-state index contributed by atoms with van der Waals surface area (Å²) in [6.45, 7) is 4.04. The van der Waals surface area contributed by atoms with Gasteiger partial charge in [-0.25, -0.2) is 4.39 Å². The Bertz CT molecular complexity index is 802. The van der Waals surface area contributed by atoms with E-state index in [0.29, 0.717) is 6.54 Å². The molecule has 2 amide bonds. The van der Waals surface area contributed by atoms with Crippen LogP contribution in [0.15, 0.2) is 42.5 Å². The second kappa shape index (κ2) is 6.84. The van der Waals surface area contributed by atoms with Gasteiger partial charge < -0.3 is 9.80 Å². The van der Waals surface area contributed by atoms with Gasteiger partial charge in [0, 0.05) is 18.3 Å². The number of carbonyl (C=O) groups excluding carboxylic acids is 2. The summed E-state index contributed by atoms with van der Waals surface area (Å²) < 4.78 is 14.0. The Labute approximate surface area is 150 Å². The molecular weight excluding hydrogens is 343 g/mol. The molecule has 1 saturated heterocycles. The van der Waals surface area contributed by atoms with Crippen molar-refractivity contribution in [2.45, 2.75) is 19.9 Å². The largest absolute Gasteiger partial charge is 0.325 e. The van der Waals surface area contributed by atoms with Crippen LogP contribution >= 0.6 is 11.6 Å². The molecule has 130 valence electrons. The zero-order valence-electron chi connectivity index (χ0n) is 14.0. The topological polar surface area (TPSA) is 40.6 Å². The maximum atomic E-state index is 14.0. The van der Waals surface area contributed by atoms with Gasteiger partial charge in [0.05, 0.1) is 10.6 Å². The molecule has 1 atom stereocenters. The Balaban J connectivity index is 1.84. The highest BCUT2D eigenvalue weighted by Gasteiger charge is 2.35. The van der Waals surface area contributed by atoms with Crippen LogP contribution in [0.25, 0.3) is 0 Å². The minimum absolute atomic E-state index is 0.0469. The summed E-state index contributed by atoms with van der Waals surface area (Å²) in [5.41, 5.74) is 1.71. The molecule has 0 spiro atoms. The zero-order valence-corrected chi connectivity index (χ0v) is 14.8. The molecule has 2 aromatic rings. The van der Waals surface area contributed by atoms with Crippen molar-refractivity contribution in [3.63, 3.8) is 0 Å². The lowest BCUT2D eigenvalue weighted by Gasteiger charge is -2.39. The average Bonchev–Trinajstić information content (AvgIpc) is 2.57. The summed E-state index contributed by atoms with van der Waals surface area (Å²) >= 11 is 5.98. The third kappa shape index (κ3) is 3.37. The van der Waals surface area contributed by atoms with Crippen molar-refractivity contribution in [3.05, 3.63) is 64.4 Å². The Morgan fingerprint density at radius 3 is 2.52 bits per heavy atom. The first-order chi connectivity index (χ1) is 11.9. The van der Waals surface area contributed by atoms with E-state index in [4.69, 9.17) is 11.6 Å². The predicted octanol–water partition coefficient (Wildman–Crippen LogP) is 3.67. The summed E-state index contributed by atoms with van der Waals surface area (Å²) in [5.74, 6) is -1.45. The molecule has 4 nitrogen and oxygen atoms in total. The van der Waals surface area contributed by atoms with Crippen molar-refractivity contribution in [2.75, 3.05) is 18.0 Å². The normalized spacial score (nSPS) is 17.8. The lowest BCUT2D eigenvalue weighted by Crippen LogP contribution is -2.57. The van der Waals surface area contributed by atoms with Gasteiger partial charge in [0.15, 0.2) is 0 Å². The first kappa shape index (κ1) is 17.4. The highest BCUT2D eigenvalue weighted by atomic mass is 35.5. The van der Waals surface area contributed by atoms with Gasteiger partial charge in [-0.1, -0.05) is 35.4 Å². The van der Waals surface area contributed by atoms with Crippen LogP contribution in [0.2, 0.25) is 5.02 Å². The number of hydrogen-bond acceptors (Lipinski definition) is 2. The first-order valence-corrected chi connectivity index (χ1v) is 8.38. The van der Waals surface area contributed by atoms with E-state index in [0.717, 1.165) is 11.3 Å². The standard InChI is InChI=1S/C19H18ClFN2O2/c1-12-6-8-14(9-7-12)23-10-13(2)22(11-17(23)24)19(25)18-15(20)4-3-5-16(18)21/h3-9,13H,10-11H2,1-2H3/t13-/m1/s1. The molecule has 1 aliphatic rings. The predicted molar refractivity (Wildman–Crippen MR) is 95.4 cm³/mol. The second-order valence-electron chi connectivity index (χ2n) is 6.22. The fourth-order valence-electron chi connectivity index (χ4n) is 2.94. The number of amides is 2. The van der Waals surface area contributed by atoms with Gasteiger partial charge in [-0.15, -0.1) is 0 Å². The third-order valence-electron chi connectivity index (χ3n) is 4.37. The fraction of sp³-hybridized carbons (Fsp3) is 0.263. The van der Waals surface area contributed by atoms with Crippen LogP contribution in [0.4, 0.5) is 10.1 Å². The highest BCUT2D eigenvalue weighted by molar-refractivity contribution is 6.33. The van der Waals surface area contributed by atoms with Crippen molar-refractivity contribution in [1.29, 1.82) is 0 Å². The second-order valence-corrected chi connectivity index (χ2v) is 6.63. The molecule has 3 rings (SSSR count). The number of nitrogens with zero attached hydrogens (tertiary/aromatic N) is 2. The monoisotopic (exact) mass is 360 g/mol. The van der Waals surface area contributed by atoms with Gasteiger partial charge in [0.2, 0.25) is 5.91 Å². The van der Waals surface area contributed by atoms with Gasteiger partial charge in [-0.3, -0.25) is 9.59 Å². The lowest BCUT2D eigenvalue weighted by molar-refractivity contribution is -0.121. The van der Waals surface area contributed by atoms with E-state index >= 15 is 0 Å². The Kier molecular flexibility index (Phi) is 4.77. The molecular formula is C19H18ClFN2O2. The van der Waals surface area contributed by atoms with Crippen LogP contribution in [-0.2, 0) is 4.79 Å². The molecule has 0 bridgehead atoms. The van der Waals surface area contributed by atoms with E-state index < -0.39 is 11.7 Å². The smallest absolute Gasteiger partial charge is 0.259 e. The molecule has 6 heteroatoms. The molecule has 0 saturated carbocycles. The fourth-order valence-corrected chi connectivity index (χ4v) is 3.19. The summed E-state index contributed by atoms with van der Waals surface area (Å²) in [4.78, 5) is 28.3. The summed E-state index contributed by atoms with van der Waals surface area (Å²) in [7, 11) is 0. The summed E-state index contributed by atoms with van der Waals surface area (Å²) in [6, 6.07) is 11.5. The van der Waals surface area contributed by atoms with Crippen LogP contribution in [-0.4, -0.2) is 35.8 Å². The van der Waals surface area contributed by atoms with Crippen LogP contribution < -0.4 is 4.90 Å². The molecule has 0 radical (unpaired) electrons. The van der Waals surface area contributed by atoms with Crippen molar-refractivity contribution in [3.8, 4) is 0 Å². The van der Waals surface area contributed by atoms with Gasteiger partial charge >= 0.3 is 0 Å². The number of anilines is 1. The third-order valence-corrected chi connectivity index (χ3v) is 4.68. The van der Waals surface area contributed by atoms with Crippen LogP contribution in [0.3, 0.4) is 0 Å². The van der Waals surface area contributed by atoms with Crippen molar-refractivity contribution < 1.29 is 14.0 Å². The number of carbonyl (C=O) groups is 2. The van der Waals surface area contributed by atoms with Gasteiger partial charge in [-0.05, 0) is 38.1 Å². The Morgan fingerprint density at radius 2 is 1.88 bits per heavy atom. The molecule has 2 aromatic carbocycles. The molecule has 1 heterocycles. The van der Waals surface area contributed by atoms with E-state index in [1.54, 1.807) is 4.90 Å². The lowest BCUT2D eigenvalue weighted by atomic mass is 10.1. The first-order valence-electron chi connectivity index (χ1n) is 8.00. The van der Waals surface area contributed by atoms with Crippen molar-refractivity contribution >= 4 is 29.1 Å². The van der Waals surface area contributed by atoms with Crippen LogP contribution in [0, 0.1) is 12.7 Å². The molecule has 1 aliphatic heterocycles. The SMILES string of the molecule is Cc1ccc(N2C[C@@H](C)N(C(=O)c3c(F)cccc3Cl)CC2=O)cc1. The summed E-state index contributed by atoms with van der Waals surface area (Å²) in [6.07, 6.45) is 0. The van der Waals surface area contributed by atoms with Gasteiger partial charge in [0.25, 0.3) is 5.91 Å². The van der Waals surface area contributed by atoms with Gasteiger partial charge in [0.1, 0.15) is 12.4 Å². The van der Waals surface area contributed by atoms with Crippen LogP contribution in [0.1, 0.15) is 22.8 Å². The number of rotatable bonds is 2. The Morgan fingerprint density at radius 1 is 1.20 bits per heavy atom. The molecule has 1 fully saturated rings. The maximum absolute atomic E-state index is 14.0. The van der Waals surface area contributed by atoms with Crippen molar-refractivity contribution in [2.24, 2.45) is 0 Å². The average molecular weight is 361 g/mol. The quantitative estimate of drug-likeness (QED) is 0.820. The number of piperazine rings is 1. The minimum Gasteiger partial charge on any atom is -0.325 e. The molecule has 0 aliphatic carbocycles. The minimum atomic E-state index is -0.682. The summed E-state index contributed by atoms with van der Waals surface area (Å²) in [5, 5.41) is 0.0469. The van der Waals surface area contributed by atoms with E-state index in [2.05, 4.69) is 0 Å². The number of aryl methyl sites for hydroxylation is 1. The van der Waals surface area contributed by atoms with E-state index in [-0.39, 0.29) is 29.1 Å². The van der Waals surface area contributed by atoms with Crippen molar-refractivity contribution in [1.82, 2.24) is 4.90 Å². The molecule has 25 heavy (non-hydrogen) atoms. The Hall–Kier alpha value is -2.40. The molecule has 0 aromatic heterocycles. The maximum Gasteiger partial charge on any atom is 0.259 e. The van der Waals surface area contributed by atoms with E-state index in [9.17, 15) is 14.0 Å². The molecule has 0 N–H and O–H groups in total. The van der Waals surface area contributed by atoms with E-state index in [1.165, 1.54) is 23.1 Å².